The molecule has 3 rings (SSSR count). The van der Waals surface area contributed by atoms with Gasteiger partial charge in [0.05, 0.1) is 4.90 Å². The van der Waals surface area contributed by atoms with Crippen molar-refractivity contribution in [2.75, 3.05) is 11.3 Å². The van der Waals surface area contributed by atoms with Crippen molar-refractivity contribution in [3.63, 3.8) is 0 Å². The minimum Gasteiger partial charge on any atom is -0.352 e. The molecular formula is C23H24N2O3S. The molecule has 0 spiro atoms. The summed E-state index contributed by atoms with van der Waals surface area (Å²) in [4.78, 5) is 12.5. The molecule has 6 heteroatoms. The van der Waals surface area contributed by atoms with Crippen LogP contribution in [0.2, 0.25) is 0 Å². The van der Waals surface area contributed by atoms with Crippen LogP contribution in [-0.2, 0) is 16.4 Å². The summed E-state index contributed by atoms with van der Waals surface area (Å²) in [5.41, 5.74) is 3.24. The predicted molar refractivity (Wildman–Crippen MR) is 116 cm³/mol. The largest absolute Gasteiger partial charge is 0.352 e. The molecule has 3 aromatic carbocycles. The Balaban J connectivity index is 1.59. The Morgan fingerprint density at radius 3 is 2.41 bits per heavy atom. The van der Waals surface area contributed by atoms with Gasteiger partial charge in [-0.25, -0.2) is 8.42 Å². The average molecular weight is 409 g/mol. The van der Waals surface area contributed by atoms with Crippen LogP contribution in [0.25, 0.3) is 0 Å². The first kappa shape index (κ1) is 20.6. The minimum atomic E-state index is -3.76. The molecule has 1 amide bonds. The smallest absolute Gasteiger partial charge is 0.261 e. The first-order chi connectivity index (χ1) is 13.9. The number of hydrogen-bond donors (Lipinski definition) is 2. The van der Waals surface area contributed by atoms with Gasteiger partial charge in [-0.2, -0.15) is 0 Å². The van der Waals surface area contributed by atoms with E-state index in [1.54, 1.807) is 36.4 Å². The van der Waals surface area contributed by atoms with Crippen molar-refractivity contribution in [2.24, 2.45) is 0 Å². The maximum Gasteiger partial charge on any atom is 0.261 e. The third kappa shape index (κ3) is 5.93. The summed E-state index contributed by atoms with van der Waals surface area (Å²) in [5.74, 6) is -0.286. The second-order valence-electron chi connectivity index (χ2n) is 6.85. The molecular weight excluding hydrogens is 384 g/mol. The van der Waals surface area contributed by atoms with Gasteiger partial charge in [-0.3, -0.25) is 9.52 Å². The standard InChI is InChI=1S/C23H24N2O3S/c1-18-8-5-9-19(16-18)10-7-15-24-23(26)20-11-6-14-22(17-20)29(27,28)25-21-12-3-2-4-13-21/h2-6,8-9,11-14,16-17,25H,7,10,15H2,1H3,(H,24,26). The molecule has 5 nitrogen and oxygen atoms in total. The summed E-state index contributed by atoms with van der Waals surface area (Å²) >= 11 is 0. The van der Waals surface area contributed by atoms with E-state index in [0.717, 1.165) is 12.8 Å². The molecule has 0 aliphatic rings. The Morgan fingerprint density at radius 1 is 0.897 bits per heavy atom. The molecule has 0 fully saturated rings. The number of benzene rings is 3. The predicted octanol–water partition coefficient (Wildman–Crippen LogP) is 4.16. The minimum absolute atomic E-state index is 0.0498. The summed E-state index contributed by atoms with van der Waals surface area (Å²) < 4.78 is 27.7. The molecule has 29 heavy (non-hydrogen) atoms. The number of nitrogens with one attached hydrogen (secondary N) is 2. The van der Waals surface area contributed by atoms with E-state index in [9.17, 15) is 13.2 Å². The van der Waals surface area contributed by atoms with Crippen molar-refractivity contribution in [3.05, 3.63) is 95.6 Å². The molecule has 3 aromatic rings. The zero-order valence-electron chi connectivity index (χ0n) is 16.3. The van der Waals surface area contributed by atoms with Crippen molar-refractivity contribution < 1.29 is 13.2 Å². The van der Waals surface area contributed by atoms with Crippen molar-refractivity contribution in [2.45, 2.75) is 24.7 Å². The van der Waals surface area contributed by atoms with Gasteiger partial charge < -0.3 is 5.32 Å². The van der Waals surface area contributed by atoms with Gasteiger partial charge in [0.15, 0.2) is 0 Å². The van der Waals surface area contributed by atoms with Crippen LogP contribution in [0.4, 0.5) is 5.69 Å². The number of carbonyl (C=O) groups excluding carboxylic acids is 1. The molecule has 0 aliphatic carbocycles. The van der Waals surface area contributed by atoms with Crippen molar-refractivity contribution in [1.82, 2.24) is 5.32 Å². The molecule has 0 aromatic heterocycles. The summed E-state index contributed by atoms with van der Waals surface area (Å²) in [6, 6.07) is 23.0. The van der Waals surface area contributed by atoms with Crippen LogP contribution in [0.15, 0.2) is 83.8 Å². The molecule has 0 saturated carbocycles. The molecule has 0 radical (unpaired) electrons. The van der Waals surface area contributed by atoms with Gasteiger partial charge in [0, 0.05) is 17.8 Å². The highest BCUT2D eigenvalue weighted by molar-refractivity contribution is 7.92. The molecule has 0 unspecified atom stereocenters. The topological polar surface area (TPSA) is 75.3 Å². The first-order valence-corrected chi connectivity index (χ1v) is 10.9. The Kier molecular flexibility index (Phi) is 6.67. The molecule has 150 valence electrons. The first-order valence-electron chi connectivity index (χ1n) is 9.46. The zero-order chi connectivity index (χ0) is 20.7. The summed E-state index contributed by atoms with van der Waals surface area (Å²) in [7, 11) is -3.76. The van der Waals surface area contributed by atoms with Crippen LogP contribution >= 0.6 is 0 Å². The van der Waals surface area contributed by atoms with Crippen LogP contribution in [0.5, 0.6) is 0 Å². The number of carbonyl (C=O) groups is 1. The summed E-state index contributed by atoms with van der Waals surface area (Å²) in [6.45, 7) is 2.57. The number of anilines is 1. The van der Waals surface area contributed by atoms with Crippen LogP contribution in [-0.4, -0.2) is 20.9 Å². The van der Waals surface area contributed by atoms with Gasteiger partial charge in [0.2, 0.25) is 0 Å². The van der Waals surface area contributed by atoms with E-state index < -0.39 is 10.0 Å². The molecule has 0 saturated heterocycles. The zero-order valence-corrected chi connectivity index (χ0v) is 17.1. The van der Waals surface area contributed by atoms with E-state index >= 15 is 0 Å². The lowest BCUT2D eigenvalue weighted by Gasteiger charge is -2.10. The second-order valence-corrected chi connectivity index (χ2v) is 8.53. The van der Waals surface area contributed by atoms with Crippen LogP contribution in [0.3, 0.4) is 0 Å². The Hall–Kier alpha value is -3.12. The number of para-hydroxylation sites is 1. The van der Waals surface area contributed by atoms with Gasteiger partial charge in [0.1, 0.15) is 0 Å². The Morgan fingerprint density at radius 2 is 1.66 bits per heavy atom. The van der Waals surface area contributed by atoms with Crippen molar-refractivity contribution in [3.8, 4) is 0 Å². The molecule has 0 bridgehead atoms. The lowest BCUT2D eigenvalue weighted by atomic mass is 10.1. The Labute approximate surface area is 171 Å². The van der Waals surface area contributed by atoms with E-state index in [0.29, 0.717) is 17.8 Å². The molecule has 0 atom stereocenters. The SMILES string of the molecule is Cc1cccc(CCCNC(=O)c2cccc(S(=O)(=O)Nc3ccccc3)c2)c1. The second kappa shape index (κ2) is 9.39. The number of aryl methyl sites for hydroxylation is 2. The highest BCUT2D eigenvalue weighted by Crippen LogP contribution is 2.17. The van der Waals surface area contributed by atoms with E-state index in [1.165, 1.54) is 23.3 Å². The fraction of sp³-hybridized carbons (Fsp3) is 0.174. The number of rotatable bonds is 8. The number of sulfonamides is 1. The fourth-order valence-electron chi connectivity index (χ4n) is 2.99. The van der Waals surface area contributed by atoms with Crippen LogP contribution in [0, 0.1) is 6.92 Å². The monoisotopic (exact) mass is 408 g/mol. The van der Waals surface area contributed by atoms with E-state index in [2.05, 4.69) is 35.2 Å². The molecule has 2 N–H and O–H groups in total. The van der Waals surface area contributed by atoms with E-state index in [-0.39, 0.29) is 10.8 Å². The van der Waals surface area contributed by atoms with Crippen LogP contribution in [0.1, 0.15) is 27.9 Å². The quantitative estimate of drug-likeness (QED) is 0.550. The summed E-state index contributed by atoms with van der Waals surface area (Å²) in [6.07, 6.45) is 1.68. The van der Waals surface area contributed by atoms with Crippen molar-refractivity contribution in [1.29, 1.82) is 0 Å². The van der Waals surface area contributed by atoms with Gasteiger partial charge in [-0.1, -0.05) is 54.1 Å². The summed E-state index contributed by atoms with van der Waals surface area (Å²) in [5, 5.41) is 2.86. The average Bonchev–Trinajstić information content (AvgIpc) is 2.72. The normalized spacial score (nSPS) is 11.1. The third-order valence-corrected chi connectivity index (χ3v) is 5.82. The number of amides is 1. The third-order valence-electron chi connectivity index (χ3n) is 4.44. The highest BCUT2D eigenvalue weighted by Gasteiger charge is 2.16. The van der Waals surface area contributed by atoms with Gasteiger partial charge in [-0.15, -0.1) is 0 Å². The van der Waals surface area contributed by atoms with Crippen LogP contribution < -0.4 is 10.0 Å². The maximum absolute atomic E-state index is 12.6. The van der Waals surface area contributed by atoms with Gasteiger partial charge in [-0.05, 0) is 55.7 Å². The van der Waals surface area contributed by atoms with Gasteiger partial charge in [0.25, 0.3) is 15.9 Å². The molecule has 0 aliphatic heterocycles. The maximum atomic E-state index is 12.6. The highest BCUT2D eigenvalue weighted by atomic mass is 32.2. The lowest BCUT2D eigenvalue weighted by molar-refractivity contribution is 0.0953. The van der Waals surface area contributed by atoms with Crippen molar-refractivity contribution >= 4 is 21.6 Å². The fourth-order valence-corrected chi connectivity index (χ4v) is 4.09. The van der Waals surface area contributed by atoms with E-state index in [1.807, 2.05) is 12.1 Å². The lowest BCUT2D eigenvalue weighted by Crippen LogP contribution is -2.25. The molecule has 0 heterocycles. The number of hydrogen-bond acceptors (Lipinski definition) is 3. The Bertz CT molecular complexity index is 1080. The van der Waals surface area contributed by atoms with E-state index in [4.69, 9.17) is 0 Å². The van der Waals surface area contributed by atoms with Gasteiger partial charge >= 0.3 is 0 Å².